The molecular weight excluding hydrogens is 216 g/mol. The summed E-state index contributed by atoms with van der Waals surface area (Å²) in [6, 6.07) is 0. The first kappa shape index (κ1) is 11.2. The maximum atomic E-state index is 12.3. The van der Waals surface area contributed by atoms with Crippen LogP contribution in [0.2, 0.25) is 0 Å². The summed E-state index contributed by atoms with van der Waals surface area (Å²) >= 11 is 0. The second-order valence-corrected chi connectivity index (χ2v) is 6.02. The Labute approximate surface area is 102 Å². The fraction of sp³-hybridized carbons (Fsp3) is 0.857. The molecule has 4 saturated carbocycles. The van der Waals surface area contributed by atoms with Gasteiger partial charge in [-0.2, -0.15) is 0 Å². The molecule has 0 saturated heterocycles. The third-order valence-corrected chi connectivity index (χ3v) is 5.47. The number of Topliss-reactive ketones (excluding diaryl/α,β-unsaturated/α-hetero) is 1. The van der Waals surface area contributed by atoms with E-state index in [1.807, 2.05) is 6.92 Å². The molecule has 4 aliphatic carbocycles. The van der Waals surface area contributed by atoms with Crippen LogP contribution in [0, 0.1) is 35.5 Å². The van der Waals surface area contributed by atoms with Crippen molar-refractivity contribution in [3.8, 4) is 0 Å². The van der Waals surface area contributed by atoms with Crippen LogP contribution in [0.4, 0.5) is 0 Å². The fourth-order valence-electron chi connectivity index (χ4n) is 4.76. The number of esters is 1. The van der Waals surface area contributed by atoms with E-state index in [0.717, 1.165) is 12.8 Å². The molecule has 0 spiro atoms. The summed E-state index contributed by atoms with van der Waals surface area (Å²) in [6.45, 7) is 2.00. The Morgan fingerprint density at radius 2 is 2.06 bits per heavy atom. The van der Waals surface area contributed by atoms with Crippen LogP contribution in [0.3, 0.4) is 0 Å². The van der Waals surface area contributed by atoms with Crippen molar-refractivity contribution >= 4 is 11.8 Å². The van der Waals surface area contributed by atoms with Crippen LogP contribution in [0.1, 0.15) is 32.6 Å². The van der Waals surface area contributed by atoms with Gasteiger partial charge in [0.25, 0.3) is 0 Å². The lowest BCUT2D eigenvalue weighted by Crippen LogP contribution is -2.58. The highest BCUT2D eigenvalue weighted by atomic mass is 16.5. The first-order chi connectivity index (χ1) is 8.15. The van der Waals surface area contributed by atoms with Gasteiger partial charge in [-0.15, -0.1) is 0 Å². The first-order valence-corrected chi connectivity index (χ1v) is 6.76. The zero-order chi connectivity index (χ0) is 12.2. The molecule has 0 N–H and O–H groups in total. The van der Waals surface area contributed by atoms with Gasteiger partial charge in [0.1, 0.15) is 5.78 Å². The quantitative estimate of drug-likeness (QED) is 0.654. The molecule has 0 heterocycles. The lowest BCUT2D eigenvalue weighted by Gasteiger charge is -2.55. The van der Waals surface area contributed by atoms with Gasteiger partial charge in [0.2, 0.25) is 0 Å². The molecule has 0 amide bonds. The molecule has 0 unspecified atom stereocenters. The number of rotatable bonds is 1. The second kappa shape index (κ2) is 3.82. The highest BCUT2D eigenvalue weighted by Gasteiger charge is 2.59. The molecule has 3 nitrogen and oxygen atoms in total. The average molecular weight is 236 g/mol. The second-order valence-electron chi connectivity index (χ2n) is 6.02. The minimum atomic E-state index is -0.0790. The Morgan fingerprint density at radius 1 is 1.29 bits per heavy atom. The van der Waals surface area contributed by atoms with Crippen molar-refractivity contribution in [1.82, 2.24) is 0 Å². The number of hydrogen-bond acceptors (Lipinski definition) is 3. The highest BCUT2D eigenvalue weighted by molar-refractivity contribution is 5.89. The number of carbonyl (C=O) groups excluding carboxylic acids is 2. The fourth-order valence-corrected chi connectivity index (χ4v) is 4.76. The van der Waals surface area contributed by atoms with E-state index in [4.69, 9.17) is 4.74 Å². The molecule has 94 valence electrons. The summed E-state index contributed by atoms with van der Waals surface area (Å²) in [4.78, 5) is 24.3. The van der Waals surface area contributed by atoms with Gasteiger partial charge in [0.15, 0.2) is 0 Å². The number of methoxy groups -OCH3 is 1. The summed E-state index contributed by atoms with van der Waals surface area (Å²) in [5.41, 5.74) is 0. The van der Waals surface area contributed by atoms with Crippen LogP contribution < -0.4 is 0 Å². The molecule has 0 aromatic carbocycles. The Balaban J connectivity index is 1.98. The summed E-state index contributed by atoms with van der Waals surface area (Å²) in [7, 11) is 1.47. The summed E-state index contributed by atoms with van der Waals surface area (Å²) < 4.78 is 4.97. The van der Waals surface area contributed by atoms with E-state index in [-0.39, 0.29) is 35.6 Å². The first-order valence-electron chi connectivity index (χ1n) is 6.76. The highest BCUT2D eigenvalue weighted by Crippen LogP contribution is 2.57. The molecule has 4 rings (SSSR count). The van der Waals surface area contributed by atoms with E-state index in [2.05, 4.69) is 0 Å². The molecule has 4 bridgehead atoms. The molecule has 4 fully saturated rings. The molecule has 0 aliphatic heterocycles. The van der Waals surface area contributed by atoms with Crippen molar-refractivity contribution in [2.24, 2.45) is 35.5 Å². The van der Waals surface area contributed by atoms with Crippen LogP contribution in [0.5, 0.6) is 0 Å². The lowest BCUT2D eigenvalue weighted by atomic mass is 9.47. The maximum Gasteiger partial charge on any atom is 0.309 e. The minimum absolute atomic E-state index is 0.00532. The largest absolute Gasteiger partial charge is 0.469 e. The third kappa shape index (κ3) is 1.40. The Bertz CT molecular complexity index is 360. The van der Waals surface area contributed by atoms with Gasteiger partial charge in [0, 0.05) is 11.8 Å². The van der Waals surface area contributed by atoms with Gasteiger partial charge < -0.3 is 4.74 Å². The minimum Gasteiger partial charge on any atom is -0.469 e. The van der Waals surface area contributed by atoms with Gasteiger partial charge in [-0.1, -0.05) is 13.3 Å². The van der Waals surface area contributed by atoms with E-state index >= 15 is 0 Å². The lowest BCUT2D eigenvalue weighted by molar-refractivity contribution is -0.172. The molecule has 0 aromatic heterocycles. The predicted octanol–water partition coefficient (Wildman–Crippen LogP) is 2.05. The van der Waals surface area contributed by atoms with Crippen molar-refractivity contribution in [2.45, 2.75) is 32.6 Å². The molecular formula is C14H20O3. The van der Waals surface area contributed by atoms with Gasteiger partial charge in [0.05, 0.1) is 13.0 Å². The normalized spacial score (nSPS) is 48.0. The van der Waals surface area contributed by atoms with Crippen LogP contribution in [0.15, 0.2) is 0 Å². The Kier molecular flexibility index (Phi) is 2.53. The SMILES string of the molecule is COC(=O)[C@@H]1[C@H]2CCC[C@H]3C[C@@H]1[C@@H](C)C(=O)[C@H]32. The van der Waals surface area contributed by atoms with Crippen molar-refractivity contribution in [2.75, 3.05) is 7.11 Å². The molecule has 17 heavy (non-hydrogen) atoms. The number of ketones is 1. The van der Waals surface area contributed by atoms with Crippen LogP contribution in [-0.4, -0.2) is 18.9 Å². The monoisotopic (exact) mass is 236 g/mol. The molecule has 4 aliphatic rings. The molecule has 0 radical (unpaired) electrons. The van der Waals surface area contributed by atoms with E-state index in [0.29, 0.717) is 11.7 Å². The number of hydrogen-bond donors (Lipinski definition) is 0. The van der Waals surface area contributed by atoms with Crippen LogP contribution in [0.25, 0.3) is 0 Å². The van der Waals surface area contributed by atoms with E-state index in [1.165, 1.54) is 20.0 Å². The Hall–Kier alpha value is -0.860. The van der Waals surface area contributed by atoms with Crippen molar-refractivity contribution in [1.29, 1.82) is 0 Å². The van der Waals surface area contributed by atoms with Gasteiger partial charge in [-0.3, -0.25) is 9.59 Å². The van der Waals surface area contributed by atoms with Gasteiger partial charge >= 0.3 is 5.97 Å². The average Bonchev–Trinajstić information content (AvgIpc) is 2.33. The molecule has 0 aromatic rings. The van der Waals surface area contributed by atoms with E-state index < -0.39 is 0 Å². The number of fused-ring (bicyclic) bond motifs is 1. The van der Waals surface area contributed by atoms with E-state index in [1.54, 1.807) is 0 Å². The summed E-state index contributed by atoms with van der Waals surface area (Å²) in [5, 5.41) is 0. The summed E-state index contributed by atoms with van der Waals surface area (Å²) in [6.07, 6.45) is 4.46. The topological polar surface area (TPSA) is 43.4 Å². The zero-order valence-corrected chi connectivity index (χ0v) is 10.5. The smallest absolute Gasteiger partial charge is 0.309 e. The molecule has 6 atom stereocenters. The standard InChI is InChI=1S/C14H20O3/c1-7-10-6-8-4-3-5-9(11(8)13(7)15)12(10)14(16)17-2/h7-12H,3-6H2,1-2H3/t7-,8+,9+,10-,11-,12-/m1/s1. The van der Waals surface area contributed by atoms with Crippen molar-refractivity contribution in [3.05, 3.63) is 0 Å². The van der Waals surface area contributed by atoms with Gasteiger partial charge in [-0.25, -0.2) is 0 Å². The zero-order valence-electron chi connectivity index (χ0n) is 10.5. The summed E-state index contributed by atoms with van der Waals surface area (Å²) in [5.74, 6) is 1.65. The van der Waals surface area contributed by atoms with Crippen LogP contribution in [-0.2, 0) is 14.3 Å². The third-order valence-electron chi connectivity index (χ3n) is 5.47. The van der Waals surface area contributed by atoms with Gasteiger partial charge in [-0.05, 0) is 37.0 Å². The number of carbonyl (C=O) groups is 2. The van der Waals surface area contributed by atoms with Crippen molar-refractivity contribution < 1.29 is 14.3 Å². The molecule has 3 heteroatoms. The predicted molar refractivity (Wildman–Crippen MR) is 62.1 cm³/mol. The Morgan fingerprint density at radius 3 is 2.76 bits per heavy atom. The maximum absolute atomic E-state index is 12.3. The van der Waals surface area contributed by atoms with Crippen LogP contribution >= 0.6 is 0 Å². The van der Waals surface area contributed by atoms with E-state index in [9.17, 15) is 9.59 Å². The number of ether oxygens (including phenoxy) is 1. The van der Waals surface area contributed by atoms with Crippen molar-refractivity contribution in [3.63, 3.8) is 0 Å².